The minimum Gasteiger partial charge on any atom is -0.364 e. The van der Waals surface area contributed by atoms with Crippen molar-refractivity contribution in [3.63, 3.8) is 0 Å². The Morgan fingerprint density at radius 3 is 2.50 bits per heavy atom. The minimum atomic E-state index is -0.577. The van der Waals surface area contributed by atoms with Crippen LogP contribution >= 0.6 is 0 Å². The molecule has 8 heteroatoms. The summed E-state index contributed by atoms with van der Waals surface area (Å²) in [7, 11) is 2.87. The van der Waals surface area contributed by atoms with Gasteiger partial charge in [0.2, 0.25) is 0 Å². The number of hydrogen-bond donors (Lipinski definition) is 1. The standard InChI is InChI=1S/C16H14N6O2/c1-21-14-12(15(23)22(2)16(21)24)19-11(8-17)13(20-14)18-9-10-6-4-3-5-7-10/h3-7H,9H2,1-2H3,(H,18,20). The van der Waals surface area contributed by atoms with Crippen LogP contribution in [-0.4, -0.2) is 19.1 Å². The Balaban J connectivity index is 2.13. The molecule has 0 amide bonds. The molecule has 0 spiro atoms. The van der Waals surface area contributed by atoms with Crippen molar-refractivity contribution in [2.75, 3.05) is 5.32 Å². The molecule has 8 nitrogen and oxygen atoms in total. The lowest BCUT2D eigenvalue weighted by Gasteiger charge is -2.10. The SMILES string of the molecule is Cn1c(=O)c2nc(C#N)c(NCc3ccccc3)nc2n(C)c1=O. The summed E-state index contributed by atoms with van der Waals surface area (Å²) >= 11 is 0. The number of hydrogen-bond acceptors (Lipinski definition) is 6. The summed E-state index contributed by atoms with van der Waals surface area (Å²) in [6, 6.07) is 11.5. The van der Waals surface area contributed by atoms with Crippen molar-refractivity contribution < 1.29 is 0 Å². The van der Waals surface area contributed by atoms with Gasteiger partial charge in [-0.1, -0.05) is 30.3 Å². The molecule has 0 unspecified atom stereocenters. The van der Waals surface area contributed by atoms with E-state index in [-0.39, 0.29) is 22.7 Å². The summed E-state index contributed by atoms with van der Waals surface area (Å²) in [4.78, 5) is 32.6. The maximum Gasteiger partial charge on any atom is 0.332 e. The third-order valence-electron chi connectivity index (χ3n) is 3.68. The molecule has 0 aliphatic rings. The number of nitrogens with zero attached hydrogens (tertiary/aromatic N) is 5. The van der Waals surface area contributed by atoms with Crippen molar-refractivity contribution in [1.82, 2.24) is 19.1 Å². The zero-order valence-corrected chi connectivity index (χ0v) is 13.1. The predicted octanol–water partition coefficient (Wildman–Crippen LogP) is 0.511. The van der Waals surface area contributed by atoms with E-state index in [1.807, 2.05) is 36.4 Å². The average molecular weight is 322 g/mol. The number of aryl methyl sites for hydroxylation is 1. The van der Waals surface area contributed by atoms with E-state index in [0.717, 1.165) is 10.1 Å². The van der Waals surface area contributed by atoms with Crippen molar-refractivity contribution in [3.8, 4) is 6.07 Å². The normalized spacial score (nSPS) is 10.5. The highest BCUT2D eigenvalue weighted by atomic mass is 16.2. The molecule has 0 fully saturated rings. The van der Waals surface area contributed by atoms with E-state index in [0.29, 0.717) is 6.54 Å². The zero-order valence-electron chi connectivity index (χ0n) is 13.1. The van der Waals surface area contributed by atoms with Crippen LogP contribution in [0.5, 0.6) is 0 Å². The lowest BCUT2D eigenvalue weighted by molar-refractivity contribution is 0.704. The van der Waals surface area contributed by atoms with Crippen molar-refractivity contribution in [2.24, 2.45) is 14.1 Å². The van der Waals surface area contributed by atoms with E-state index in [2.05, 4.69) is 15.3 Å². The Labute approximate surface area is 136 Å². The number of nitrogens with one attached hydrogen (secondary N) is 1. The van der Waals surface area contributed by atoms with Gasteiger partial charge in [0.05, 0.1) is 0 Å². The Morgan fingerprint density at radius 2 is 1.83 bits per heavy atom. The second kappa shape index (κ2) is 5.96. The maximum absolute atomic E-state index is 12.2. The van der Waals surface area contributed by atoms with Crippen LogP contribution < -0.4 is 16.6 Å². The maximum atomic E-state index is 12.2. The summed E-state index contributed by atoms with van der Waals surface area (Å²) in [5.74, 6) is 0.233. The molecule has 0 radical (unpaired) electrons. The van der Waals surface area contributed by atoms with Gasteiger partial charge in [-0.15, -0.1) is 0 Å². The first kappa shape index (κ1) is 15.4. The third kappa shape index (κ3) is 2.52. The van der Waals surface area contributed by atoms with Crippen LogP contribution in [0.4, 0.5) is 5.82 Å². The lowest BCUT2D eigenvalue weighted by atomic mass is 10.2. The number of benzene rings is 1. The fraction of sp³-hybridized carbons (Fsp3) is 0.188. The van der Waals surface area contributed by atoms with Crippen LogP contribution in [0.15, 0.2) is 39.9 Å². The smallest absolute Gasteiger partial charge is 0.332 e. The van der Waals surface area contributed by atoms with Gasteiger partial charge < -0.3 is 5.32 Å². The molecule has 3 rings (SSSR count). The summed E-state index contributed by atoms with van der Waals surface area (Å²) in [5.41, 5.74) is 0.0571. The molecule has 0 bridgehead atoms. The fourth-order valence-corrected chi connectivity index (χ4v) is 2.35. The Bertz CT molecular complexity index is 1080. The monoisotopic (exact) mass is 322 g/mol. The topological polar surface area (TPSA) is 106 Å². The molecule has 0 saturated heterocycles. The first-order chi connectivity index (χ1) is 11.5. The molecule has 120 valence electrons. The fourth-order valence-electron chi connectivity index (χ4n) is 2.35. The summed E-state index contributed by atoms with van der Waals surface area (Å²) in [5, 5.41) is 12.3. The largest absolute Gasteiger partial charge is 0.364 e. The number of rotatable bonds is 3. The highest BCUT2D eigenvalue weighted by molar-refractivity contribution is 5.73. The zero-order chi connectivity index (χ0) is 17.3. The molecule has 0 aliphatic carbocycles. The molecule has 0 aliphatic heterocycles. The minimum absolute atomic E-state index is 0.00850. The van der Waals surface area contributed by atoms with Gasteiger partial charge in [0, 0.05) is 20.6 Å². The Hall–Kier alpha value is -3.47. The van der Waals surface area contributed by atoms with Gasteiger partial charge in [0.25, 0.3) is 5.56 Å². The van der Waals surface area contributed by atoms with E-state index in [4.69, 9.17) is 0 Å². The second-order valence-corrected chi connectivity index (χ2v) is 5.25. The molecule has 0 atom stereocenters. The number of nitriles is 1. The molecule has 2 heterocycles. The van der Waals surface area contributed by atoms with Gasteiger partial charge in [-0.25, -0.2) is 14.8 Å². The van der Waals surface area contributed by atoms with Crippen molar-refractivity contribution in [1.29, 1.82) is 5.26 Å². The van der Waals surface area contributed by atoms with Crippen LogP contribution in [0.25, 0.3) is 11.2 Å². The Morgan fingerprint density at radius 1 is 1.12 bits per heavy atom. The quantitative estimate of drug-likeness (QED) is 0.753. The molecule has 24 heavy (non-hydrogen) atoms. The van der Waals surface area contributed by atoms with E-state index < -0.39 is 11.2 Å². The van der Waals surface area contributed by atoms with E-state index >= 15 is 0 Å². The molecule has 1 aromatic carbocycles. The van der Waals surface area contributed by atoms with Crippen molar-refractivity contribution in [3.05, 3.63) is 62.4 Å². The van der Waals surface area contributed by atoms with E-state index in [9.17, 15) is 14.9 Å². The van der Waals surface area contributed by atoms with Crippen LogP contribution in [0.2, 0.25) is 0 Å². The van der Waals surface area contributed by atoms with Gasteiger partial charge in [-0.2, -0.15) is 5.26 Å². The average Bonchev–Trinajstić information content (AvgIpc) is 2.63. The number of anilines is 1. The highest BCUT2D eigenvalue weighted by Crippen LogP contribution is 2.14. The van der Waals surface area contributed by atoms with Crippen LogP contribution in [0.3, 0.4) is 0 Å². The summed E-state index contributed by atoms with van der Waals surface area (Å²) in [6.07, 6.45) is 0. The molecular weight excluding hydrogens is 308 g/mol. The number of fused-ring (bicyclic) bond motifs is 1. The molecule has 0 saturated carbocycles. The highest BCUT2D eigenvalue weighted by Gasteiger charge is 2.15. The van der Waals surface area contributed by atoms with E-state index in [1.54, 1.807) is 0 Å². The second-order valence-electron chi connectivity index (χ2n) is 5.25. The van der Waals surface area contributed by atoms with Gasteiger partial charge in [0.15, 0.2) is 22.7 Å². The van der Waals surface area contributed by atoms with Crippen molar-refractivity contribution in [2.45, 2.75) is 6.54 Å². The summed E-state index contributed by atoms with van der Waals surface area (Å²) < 4.78 is 2.17. The van der Waals surface area contributed by atoms with E-state index in [1.165, 1.54) is 18.7 Å². The lowest BCUT2D eigenvalue weighted by Crippen LogP contribution is -2.38. The summed E-state index contributed by atoms with van der Waals surface area (Å²) in [6.45, 7) is 0.439. The molecule has 2 aromatic heterocycles. The Kier molecular flexibility index (Phi) is 3.83. The van der Waals surface area contributed by atoms with Gasteiger partial charge in [0.1, 0.15) is 6.07 Å². The van der Waals surface area contributed by atoms with Crippen LogP contribution in [-0.2, 0) is 20.6 Å². The molecule has 3 aromatic rings. The van der Waals surface area contributed by atoms with Crippen LogP contribution in [0.1, 0.15) is 11.3 Å². The number of aromatic nitrogens is 4. The first-order valence-corrected chi connectivity index (χ1v) is 7.18. The first-order valence-electron chi connectivity index (χ1n) is 7.18. The van der Waals surface area contributed by atoms with Gasteiger partial charge >= 0.3 is 5.69 Å². The predicted molar refractivity (Wildman–Crippen MR) is 88.5 cm³/mol. The third-order valence-corrected chi connectivity index (χ3v) is 3.68. The van der Waals surface area contributed by atoms with Crippen LogP contribution in [0, 0.1) is 11.3 Å². The molecule has 1 N–H and O–H groups in total. The van der Waals surface area contributed by atoms with Gasteiger partial charge in [-0.05, 0) is 5.56 Å². The van der Waals surface area contributed by atoms with Crippen molar-refractivity contribution >= 4 is 17.0 Å². The van der Waals surface area contributed by atoms with Gasteiger partial charge in [-0.3, -0.25) is 13.9 Å². The molecular formula is C16H14N6O2.